The Kier molecular flexibility index (Phi) is 5.05. The Balaban J connectivity index is 1.35. The van der Waals surface area contributed by atoms with Crippen LogP contribution in [0.25, 0.3) is 0 Å². The van der Waals surface area contributed by atoms with E-state index in [0.29, 0.717) is 13.1 Å². The minimum Gasteiger partial charge on any atom is -0.376 e. The van der Waals surface area contributed by atoms with Gasteiger partial charge in [-0.05, 0) is 12.8 Å². The van der Waals surface area contributed by atoms with E-state index in [1.54, 1.807) is 11.3 Å². The zero-order valence-corrected chi connectivity index (χ0v) is 13.0. The van der Waals surface area contributed by atoms with Crippen molar-refractivity contribution in [2.75, 3.05) is 50.8 Å². The maximum Gasteiger partial charge on any atom is 0.234 e. The highest BCUT2D eigenvalue weighted by molar-refractivity contribution is 7.13. The maximum absolute atomic E-state index is 11.9. The standard InChI is InChI=1S/C14H22N4O2S/c19-13(16-10-12-2-1-8-20-12)11-17-4-6-18(7-5-17)14-15-3-9-21-14/h3,9,12H,1-2,4-8,10-11H2,(H,16,19)/t12-/m0/s1. The van der Waals surface area contributed by atoms with Crippen molar-refractivity contribution >= 4 is 22.4 Å². The molecule has 7 heteroatoms. The number of ether oxygens (including phenoxy) is 1. The Hall–Kier alpha value is -1.18. The molecule has 0 spiro atoms. The minimum atomic E-state index is 0.105. The number of carbonyl (C=O) groups excluding carboxylic acids is 1. The summed E-state index contributed by atoms with van der Waals surface area (Å²) in [7, 11) is 0. The number of anilines is 1. The summed E-state index contributed by atoms with van der Waals surface area (Å²) in [5.41, 5.74) is 0. The predicted molar refractivity (Wildman–Crippen MR) is 82.8 cm³/mol. The monoisotopic (exact) mass is 310 g/mol. The van der Waals surface area contributed by atoms with Gasteiger partial charge >= 0.3 is 0 Å². The molecule has 0 unspecified atom stereocenters. The van der Waals surface area contributed by atoms with Crippen LogP contribution >= 0.6 is 11.3 Å². The Labute approximate surface area is 129 Å². The molecule has 0 bridgehead atoms. The number of rotatable bonds is 5. The van der Waals surface area contributed by atoms with Gasteiger partial charge in [0.15, 0.2) is 5.13 Å². The molecule has 2 fully saturated rings. The van der Waals surface area contributed by atoms with Crippen LogP contribution in [0.3, 0.4) is 0 Å². The van der Waals surface area contributed by atoms with Gasteiger partial charge in [-0.1, -0.05) is 0 Å². The van der Waals surface area contributed by atoms with Gasteiger partial charge in [-0.3, -0.25) is 9.69 Å². The van der Waals surface area contributed by atoms with Crippen LogP contribution in [-0.4, -0.2) is 67.8 Å². The number of amides is 1. The highest BCUT2D eigenvalue weighted by Crippen LogP contribution is 2.18. The zero-order valence-electron chi connectivity index (χ0n) is 12.2. The molecule has 3 rings (SSSR count). The van der Waals surface area contributed by atoms with Crippen molar-refractivity contribution in [3.8, 4) is 0 Å². The second-order valence-electron chi connectivity index (χ2n) is 5.52. The van der Waals surface area contributed by atoms with Crippen LogP contribution in [0.4, 0.5) is 5.13 Å². The Morgan fingerprint density at radius 3 is 2.95 bits per heavy atom. The van der Waals surface area contributed by atoms with Crippen LogP contribution in [0.5, 0.6) is 0 Å². The summed E-state index contributed by atoms with van der Waals surface area (Å²) in [6.07, 6.45) is 4.23. The number of nitrogens with one attached hydrogen (secondary N) is 1. The van der Waals surface area contributed by atoms with Gasteiger partial charge in [-0.25, -0.2) is 4.98 Å². The van der Waals surface area contributed by atoms with Crippen molar-refractivity contribution in [3.05, 3.63) is 11.6 Å². The lowest BCUT2D eigenvalue weighted by Crippen LogP contribution is -2.50. The molecule has 3 heterocycles. The third kappa shape index (κ3) is 4.15. The molecular weight excluding hydrogens is 288 g/mol. The molecule has 0 aromatic carbocycles. The molecule has 0 radical (unpaired) electrons. The second-order valence-corrected chi connectivity index (χ2v) is 6.39. The zero-order chi connectivity index (χ0) is 14.5. The molecule has 2 saturated heterocycles. The van der Waals surface area contributed by atoms with Crippen molar-refractivity contribution in [3.63, 3.8) is 0 Å². The molecule has 21 heavy (non-hydrogen) atoms. The first-order valence-corrected chi connectivity index (χ1v) is 8.44. The molecule has 1 aromatic heterocycles. The summed E-state index contributed by atoms with van der Waals surface area (Å²) in [6, 6.07) is 0. The van der Waals surface area contributed by atoms with Crippen LogP contribution in [0, 0.1) is 0 Å². The highest BCUT2D eigenvalue weighted by Gasteiger charge is 2.21. The average molecular weight is 310 g/mol. The minimum absolute atomic E-state index is 0.105. The summed E-state index contributed by atoms with van der Waals surface area (Å²) >= 11 is 1.67. The van der Waals surface area contributed by atoms with E-state index in [9.17, 15) is 4.79 Å². The molecule has 0 aliphatic carbocycles. The highest BCUT2D eigenvalue weighted by atomic mass is 32.1. The Morgan fingerprint density at radius 1 is 1.43 bits per heavy atom. The lowest BCUT2D eigenvalue weighted by Gasteiger charge is -2.34. The van der Waals surface area contributed by atoms with Crippen molar-refractivity contribution in [2.45, 2.75) is 18.9 Å². The van der Waals surface area contributed by atoms with E-state index in [1.807, 2.05) is 11.6 Å². The van der Waals surface area contributed by atoms with Gasteiger partial charge in [0.25, 0.3) is 0 Å². The molecule has 2 aliphatic rings. The van der Waals surface area contributed by atoms with E-state index in [0.717, 1.165) is 50.8 Å². The second kappa shape index (κ2) is 7.20. The van der Waals surface area contributed by atoms with Gasteiger partial charge in [-0.2, -0.15) is 0 Å². The summed E-state index contributed by atoms with van der Waals surface area (Å²) in [5.74, 6) is 0.105. The third-order valence-electron chi connectivity index (χ3n) is 3.98. The fourth-order valence-electron chi connectivity index (χ4n) is 2.76. The lowest BCUT2D eigenvalue weighted by atomic mass is 10.2. The molecular formula is C14H22N4O2S. The first-order valence-electron chi connectivity index (χ1n) is 7.56. The van der Waals surface area contributed by atoms with Crippen LogP contribution in [-0.2, 0) is 9.53 Å². The van der Waals surface area contributed by atoms with Crippen LogP contribution in [0.15, 0.2) is 11.6 Å². The number of carbonyl (C=O) groups is 1. The number of thiazole rings is 1. The molecule has 116 valence electrons. The van der Waals surface area contributed by atoms with Crippen molar-refractivity contribution < 1.29 is 9.53 Å². The van der Waals surface area contributed by atoms with Crippen LogP contribution in [0.2, 0.25) is 0 Å². The third-order valence-corrected chi connectivity index (χ3v) is 4.81. The molecule has 1 atom stereocenters. The molecule has 1 aromatic rings. The van der Waals surface area contributed by atoms with Gasteiger partial charge in [0.2, 0.25) is 5.91 Å². The topological polar surface area (TPSA) is 57.7 Å². The molecule has 6 nitrogen and oxygen atoms in total. The van der Waals surface area contributed by atoms with E-state index in [1.165, 1.54) is 0 Å². The summed E-state index contributed by atoms with van der Waals surface area (Å²) in [5, 5.41) is 6.06. The quantitative estimate of drug-likeness (QED) is 0.861. The number of aromatic nitrogens is 1. The smallest absolute Gasteiger partial charge is 0.234 e. The van der Waals surface area contributed by atoms with E-state index in [2.05, 4.69) is 20.1 Å². The van der Waals surface area contributed by atoms with Crippen molar-refractivity contribution in [2.24, 2.45) is 0 Å². The normalized spacial score (nSPS) is 23.4. The Morgan fingerprint density at radius 2 is 2.29 bits per heavy atom. The number of hydrogen-bond acceptors (Lipinski definition) is 6. The molecule has 1 N–H and O–H groups in total. The van der Waals surface area contributed by atoms with Gasteiger partial charge in [0, 0.05) is 50.9 Å². The van der Waals surface area contributed by atoms with Crippen LogP contribution in [0.1, 0.15) is 12.8 Å². The summed E-state index contributed by atoms with van der Waals surface area (Å²) < 4.78 is 5.51. The summed E-state index contributed by atoms with van der Waals surface area (Å²) in [4.78, 5) is 20.8. The summed E-state index contributed by atoms with van der Waals surface area (Å²) in [6.45, 7) is 5.66. The largest absolute Gasteiger partial charge is 0.376 e. The maximum atomic E-state index is 11.9. The fourth-order valence-corrected chi connectivity index (χ4v) is 3.46. The average Bonchev–Trinajstić information content (AvgIpc) is 3.19. The lowest BCUT2D eigenvalue weighted by molar-refractivity contribution is -0.122. The number of hydrogen-bond donors (Lipinski definition) is 1. The number of piperazine rings is 1. The van der Waals surface area contributed by atoms with E-state index < -0.39 is 0 Å². The van der Waals surface area contributed by atoms with Gasteiger partial charge in [-0.15, -0.1) is 11.3 Å². The first kappa shape index (κ1) is 14.7. The number of nitrogens with zero attached hydrogens (tertiary/aromatic N) is 3. The fraction of sp³-hybridized carbons (Fsp3) is 0.714. The van der Waals surface area contributed by atoms with Gasteiger partial charge < -0.3 is 15.0 Å². The molecule has 1 amide bonds. The Bertz CT molecular complexity index is 440. The van der Waals surface area contributed by atoms with Crippen molar-refractivity contribution in [1.29, 1.82) is 0 Å². The van der Waals surface area contributed by atoms with Crippen LogP contribution < -0.4 is 10.2 Å². The van der Waals surface area contributed by atoms with E-state index >= 15 is 0 Å². The SMILES string of the molecule is O=C(CN1CCN(c2nccs2)CC1)NC[C@@H]1CCCO1. The van der Waals surface area contributed by atoms with Gasteiger partial charge in [0.05, 0.1) is 12.6 Å². The van der Waals surface area contributed by atoms with Gasteiger partial charge in [0.1, 0.15) is 0 Å². The molecule has 2 aliphatic heterocycles. The van der Waals surface area contributed by atoms with Crippen molar-refractivity contribution in [1.82, 2.24) is 15.2 Å². The molecule has 0 saturated carbocycles. The predicted octanol–water partition coefficient (Wildman–Crippen LogP) is 0.560. The van der Waals surface area contributed by atoms with E-state index in [4.69, 9.17) is 4.74 Å². The first-order chi connectivity index (χ1) is 10.3. The van der Waals surface area contributed by atoms with E-state index in [-0.39, 0.29) is 12.0 Å².